The van der Waals surface area contributed by atoms with E-state index in [1.807, 2.05) is 6.08 Å². The Bertz CT molecular complexity index is 189. The second-order valence-electron chi connectivity index (χ2n) is 2.30. The lowest BCUT2D eigenvalue weighted by molar-refractivity contribution is -0.132. The van der Waals surface area contributed by atoms with Gasteiger partial charge in [0.15, 0.2) is 0 Å². The smallest absolute Gasteiger partial charge is 0.335 e. The summed E-state index contributed by atoms with van der Waals surface area (Å²) in [4.78, 5) is 10.4. The molecule has 2 heteroatoms. The van der Waals surface area contributed by atoms with Crippen LogP contribution in [-0.4, -0.2) is 11.1 Å². The van der Waals surface area contributed by atoms with Crippen LogP contribution in [0.1, 0.15) is 19.3 Å². The number of hydrogen-bond donors (Lipinski definition) is 1. The quantitative estimate of drug-likeness (QED) is 0.562. The van der Waals surface area contributed by atoms with Crippen molar-refractivity contribution in [3.8, 4) is 0 Å². The van der Waals surface area contributed by atoms with Crippen LogP contribution >= 0.6 is 0 Å². The Kier molecular flexibility index (Phi) is 2.26. The maximum absolute atomic E-state index is 10.4. The number of rotatable bonds is 1. The molecule has 54 valence electrons. The summed E-state index contributed by atoms with van der Waals surface area (Å²) < 4.78 is 0. The zero-order valence-corrected chi connectivity index (χ0v) is 5.71. The third-order valence-electron chi connectivity index (χ3n) is 1.48. The Hall–Kier alpha value is -1.05. The summed E-state index contributed by atoms with van der Waals surface area (Å²) in [5, 5.41) is 8.54. The molecule has 0 aromatic rings. The summed E-state index contributed by atoms with van der Waals surface area (Å²) in [6, 6.07) is 0. The monoisotopic (exact) mass is 139 g/mol. The van der Waals surface area contributed by atoms with Gasteiger partial charge in [-0.25, -0.2) is 4.79 Å². The molecule has 0 aromatic heterocycles. The fraction of sp³-hybridized carbons (Fsp3) is 0.375. The highest BCUT2D eigenvalue weighted by Gasteiger charge is 2.03. The third kappa shape index (κ3) is 1.72. The second kappa shape index (κ2) is 3.20. The summed E-state index contributed by atoms with van der Waals surface area (Å²) in [6.07, 6.45) is 8.29. The van der Waals surface area contributed by atoms with E-state index >= 15 is 0 Å². The van der Waals surface area contributed by atoms with Crippen LogP contribution in [0.4, 0.5) is 0 Å². The Morgan fingerprint density at radius 2 is 2.30 bits per heavy atom. The van der Waals surface area contributed by atoms with Crippen LogP contribution in [0.2, 0.25) is 0 Å². The highest BCUT2D eigenvalue weighted by molar-refractivity contribution is 5.89. The zero-order valence-electron chi connectivity index (χ0n) is 5.71. The molecule has 0 aliphatic heterocycles. The predicted molar refractivity (Wildman–Crippen MR) is 38.7 cm³/mol. The molecule has 0 amide bonds. The van der Waals surface area contributed by atoms with Crippen LogP contribution in [-0.2, 0) is 4.79 Å². The van der Waals surface area contributed by atoms with Gasteiger partial charge in [-0.2, -0.15) is 0 Å². The molecule has 1 aliphatic carbocycles. The van der Waals surface area contributed by atoms with Crippen molar-refractivity contribution in [2.45, 2.75) is 19.3 Å². The number of carboxylic acids is 1. The molecule has 0 saturated carbocycles. The Labute approximate surface area is 59.9 Å². The van der Waals surface area contributed by atoms with Crippen molar-refractivity contribution in [1.29, 1.82) is 0 Å². The van der Waals surface area contributed by atoms with E-state index in [-0.39, 0.29) is 0 Å². The van der Waals surface area contributed by atoms with Gasteiger partial charge >= 0.3 is 5.97 Å². The van der Waals surface area contributed by atoms with E-state index in [4.69, 9.17) is 5.11 Å². The Morgan fingerprint density at radius 3 is 3.00 bits per heavy atom. The summed E-state index contributed by atoms with van der Waals surface area (Å²) in [5.41, 5.74) is 0.428. The van der Waals surface area contributed by atoms with Gasteiger partial charge in [0.1, 0.15) is 0 Å². The number of aliphatic carboxylic acids is 1. The molecule has 0 heterocycles. The fourth-order valence-electron chi connectivity index (χ4n) is 0.930. The minimum absolute atomic E-state index is 0.428. The van der Waals surface area contributed by atoms with Crippen molar-refractivity contribution in [1.82, 2.24) is 0 Å². The first kappa shape index (κ1) is 7.06. The zero-order chi connectivity index (χ0) is 7.40. The first-order chi connectivity index (χ1) is 4.80. The van der Waals surface area contributed by atoms with Crippen molar-refractivity contribution in [3.05, 3.63) is 23.8 Å². The van der Waals surface area contributed by atoms with Gasteiger partial charge in [-0.1, -0.05) is 18.2 Å². The lowest BCUT2D eigenvalue weighted by Crippen LogP contribution is -1.96. The Morgan fingerprint density at radius 1 is 1.50 bits per heavy atom. The van der Waals surface area contributed by atoms with E-state index in [0.717, 1.165) is 19.3 Å². The molecule has 0 aromatic carbocycles. The third-order valence-corrected chi connectivity index (χ3v) is 1.48. The first-order valence-electron chi connectivity index (χ1n) is 3.40. The average Bonchev–Trinajstić information content (AvgIpc) is 2.12. The topological polar surface area (TPSA) is 37.3 Å². The minimum Gasteiger partial charge on any atom is -0.478 e. The Balaban J connectivity index is 2.70. The number of carbonyl (C=O) groups is 1. The highest BCUT2D eigenvalue weighted by atomic mass is 16.5. The van der Waals surface area contributed by atoms with Crippen molar-refractivity contribution in [3.63, 3.8) is 0 Å². The molecule has 1 aliphatic rings. The summed E-state index contributed by atoms with van der Waals surface area (Å²) in [5.74, 6) is -0.821. The van der Waals surface area contributed by atoms with E-state index in [0.29, 0.717) is 5.57 Å². The van der Waals surface area contributed by atoms with E-state index in [9.17, 15) is 4.79 Å². The van der Waals surface area contributed by atoms with Gasteiger partial charge in [0.2, 0.25) is 0 Å². The molecule has 0 unspecified atom stereocenters. The van der Waals surface area contributed by atoms with Gasteiger partial charge in [-0.05, 0) is 19.3 Å². The molecule has 2 nitrogen and oxygen atoms in total. The standard InChI is InChI=1S/C8H10O2/c9-8(10)7-5-3-1-2-4-6-7/h3,5-6H,1-2,4H2,(H,9,10)/i8+1. The summed E-state index contributed by atoms with van der Waals surface area (Å²) in [7, 11) is 0. The van der Waals surface area contributed by atoms with E-state index in [2.05, 4.69) is 0 Å². The van der Waals surface area contributed by atoms with Crippen molar-refractivity contribution >= 4 is 5.97 Å². The molecule has 0 radical (unpaired) electrons. The van der Waals surface area contributed by atoms with E-state index in [1.165, 1.54) is 0 Å². The van der Waals surface area contributed by atoms with Crippen molar-refractivity contribution in [2.75, 3.05) is 0 Å². The maximum atomic E-state index is 10.4. The van der Waals surface area contributed by atoms with Gasteiger partial charge < -0.3 is 5.11 Å². The van der Waals surface area contributed by atoms with Crippen LogP contribution in [0, 0.1) is 0 Å². The normalized spacial score (nSPS) is 17.8. The molecule has 10 heavy (non-hydrogen) atoms. The SMILES string of the molecule is O=[13C](O)C1=CCCCC=C1. The summed E-state index contributed by atoms with van der Waals surface area (Å²) >= 11 is 0. The van der Waals surface area contributed by atoms with Crippen LogP contribution in [0.5, 0.6) is 0 Å². The first-order valence-corrected chi connectivity index (χ1v) is 3.40. The highest BCUT2D eigenvalue weighted by Crippen LogP contribution is 2.09. The van der Waals surface area contributed by atoms with E-state index < -0.39 is 5.97 Å². The lowest BCUT2D eigenvalue weighted by atomic mass is 10.2. The molecular weight excluding hydrogens is 129 g/mol. The van der Waals surface area contributed by atoms with Crippen LogP contribution < -0.4 is 0 Å². The molecule has 0 bridgehead atoms. The summed E-state index contributed by atoms with van der Waals surface area (Å²) in [6.45, 7) is 0. The van der Waals surface area contributed by atoms with Gasteiger partial charge in [-0.15, -0.1) is 0 Å². The minimum atomic E-state index is -0.821. The second-order valence-corrected chi connectivity index (χ2v) is 2.30. The molecule has 1 N–H and O–H groups in total. The van der Waals surface area contributed by atoms with Gasteiger partial charge in [0.25, 0.3) is 0 Å². The molecule has 0 saturated heterocycles. The van der Waals surface area contributed by atoms with E-state index in [1.54, 1.807) is 12.2 Å². The number of allylic oxidation sites excluding steroid dienone is 2. The average molecular weight is 139 g/mol. The molecule has 1 rings (SSSR count). The maximum Gasteiger partial charge on any atom is 0.335 e. The van der Waals surface area contributed by atoms with Crippen LogP contribution in [0.3, 0.4) is 0 Å². The predicted octanol–water partition coefficient (Wildman–Crippen LogP) is 1.74. The lowest BCUT2D eigenvalue weighted by Gasteiger charge is -1.89. The van der Waals surface area contributed by atoms with Crippen LogP contribution in [0.25, 0.3) is 0 Å². The van der Waals surface area contributed by atoms with Crippen LogP contribution in [0.15, 0.2) is 23.8 Å². The largest absolute Gasteiger partial charge is 0.478 e. The van der Waals surface area contributed by atoms with Crippen molar-refractivity contribution in [2.24, 2.45) is 0 Å². The van der Waals surface area contributed by atoms with Crippen molar-refractivity contribution < 1.29 is 9.90 Å². The van der Waals surface area contributed by atoms with Gasteiger partial charge in [0, 0.05) is 0 Å². The van der Waals surface area contributed by atoms with Gasteiger partial charge in [-0.3, -0.25) is 0 Å². The van der Waals surface area contributed by atoms with Gasteiger partial charge in [0.05, 0.1) is 5.57 Å². The molecular formula is C8H10O2. The molecule has 0 atom stereocenters. The molecule has 0 fully saturated rings. The molecule has 0 spiro atoms. The number of carboxylic acid groups (broad SMARTS) is 1. The number of hydrogen-bond acceptors (Lipinski definition) is 1. The fourth-order valence-corrected chi connectivity index (χ4v) is 0.930.